The lowest BCUT2D eigenvalue weighted by Gasteiger charge is -2.07. The van der Waals surface area contributed by atoms with Gasteiger partial charge in [0, 0.05) is 5.75 Å². The first-order chi connectivity index (χ1) is 6.85. The molecule has 0 rings (SSSR count). The van der Waals surface area contributed by atoms with Gasteiger partial charge in [-0.15, -0.1) is 0 Å². The van der Waals surface area contributed by atoms with E-state index in [0.29, 0.717) is 5.75 Å². The van der Waals surface area contributed by atoms with Crippen molar-refractivity contribution in [1.82, 2.24) is 0 Å². The number of carbonyl (C=O) groups excluding carboxylic acids is 2. The van der Waals surface area contributed by atoms with Crippen molar-refractivity contribution in [3.05, 3.63) is 0 Å². The van der Waals surface area contributed by atoms with Crippen molar-refractivity contribution in [1.29, 1.82) is 0 Å². The van der Waals surface area contributed by atoms with Crippen LogP contribution in [-0.4, -0.2) is 30.0 Å². The Morgan fingerprint density at radius 1 is 1.27 bits per heavy atom. The van der Waals surface area contributed by atoms with Gasteiger partial charge in [0.05, 0.1) is 0 Å². The van der Waals surface area contributed by atoms with Crippen LogP contribution in [0.3, 0.4) is 0 Å². The van der Waals surface area contributed by atoms with Crippen LogP contribution in [-0.2, 0) is 14.3 Å². The van der Waals surface area contributed by atoms with Gasteiger partial charge in [0.25, 0.3) is 0 Å². The molecule has 0 radical (unpaired) electrons. The number of hydrogen-bond acceptors (Lipinski definition) is 5. The first-order valence-corrected chi connectivity index (χ1v) is 4.85. The number of ether oxygens (including phenoxy) is 2. The van der Waals surface area contributed by atoms with Crippen LogP contribution >= 0.6 is 11.8 Å². The zero-order valence-electron chi connectivity index (χ0n) is 7.80. The highest BCUT2D eigenvalue weighted by Gasteiger charge is 2.32. The summed E-state index contributed by atoms with van der Waals surface area (Å²) in [6.07, 6.45) is -6.30. The summed E-state index contributed by atoms with van der Waals surface area (Å²) in [4.78, 5) is 21.1. The fourth-order valence-electron chi connectivity index (χ4n) is 0.518. The van der Waals surface area contributed by atoms with Crippen molar-refractivity contribution in [2.75, 3.05) is 12.5 Å². The van der Waals surface area contributed by atoms with Crippen molar-refractivity contribution < 1.29 is 32.2 Å². The summed E-state index contributed by atoms with van der Waals surface area (Å²) in [6, 6.07) is 0. The molecule has 0 aromatic rings. The maximum Gasteiger partial charge on any atom is 0.399 e. The minimum absolute atomic E-state index is 0.468. The second kappa shape index (κ2) is 6.54. The number of rotatable bonds is 4. The molecule has 88 valence electrons. The Morgan fingerprint density at radius 3 is 2.33 bits per heavy atom. The molecule has 0 amide bonds. The van der Waals surface area contributed by atoms with Gasteiger partial charge < -0.3 is 9.47 Å². The Balaban J connectivity index is 3.60. The van der Waals surface area contributed by atoms with Gasteiger partial charge in [-0.1, -0.05) is 6.92 Å². The molecule has 15 heavy (non-hydrogen) atoms. The molecule has 0 unspecified atom stereocenters. The van der Waals surface area contributed by atoms with E-state index in [4.69, 9.17) is 0 Å². The smallest absolute Gasteiger partial charge is 0.399 e. The summed E-state index contributed by atoms with van der Waals surface area (Å²) in [6.45, 7) is 0.905. The molecule has 8 heteroatoms. The molecule has 0 aliphatic rings. The van der Waals surface area contributed by atoms with Gasteiger partial charge in [-0.25, -0.2) is 4.79 Å². The normalized spacial score (nSPS) is 10.9. The van der Waals surface area contributed by atoms with E-state index in [1.54, 1.807) is 6.92 Å². The zero-order valence-corrected chi connectivity index (χ0v) is 8.61. The zero-order chi connectivity index (χ0) is 11.9. The van der Waals surface area contributed by atoms with E-state index in [1.807, 2.05) is 0 Å². The van der Waals surface area contributed by atoms with Crippen molar-refractivity contribution in [3.8, 4) is 0 Å². The molecule has 0 aliphatic carbocycles. The summed E-state index contributed by atoms with van der Waals surface area (Å²) in [7, 11) is 0. The van der Waals surface area contributed by atoms with Crippen LogP contribution in [0.5, 0.6) is 0 Å². The first kappa shape index (κ1) is 14.1. The maximum absolute atomic E-state index is 11.6. The first-order valence-electron chi connectivity index (χ1n) is 3.87. The Labute approximate surface area is 88.1 Å². The molecular weight excluding hydrogens is 237 g/mol. The minimum atomic E-state index is -4.61. The van der Waals surface area contributed by atoms with Gasteiger partial charge in [0.15, 0.2) is 0 Å². The number of carbonyl (C=O) groups is 2. The van der Waals surface area contributed by atoms with E-state index in [0.717, 1.165) is 11.8 Å². The van der Waals surface area contributed by atoms with E-state index in [9.17, 15) is 22.8 Å². The van der Waals surface area contributed by atoms with Crippen molar-refractivity contribution >= 4 is 23.0 Å². The third kappa shape index (κ3) is 9.39. The molecule has 4 nitrogen and oxygen atoms in total. The van der Waals surface area contributed by atoms with Gasteiger partial charge >= 0.3 is 17.4 Å². The second-order valence-corrected chi connectivity index (χ2v) is 3.45. The third-order valence-electron chi connectivity index (χ3n) is 1.00. The van der Waals surface area contributed by atoms with Gasteiger partial charge in [0.2, 0.25) is 6.79 Å². The highest BCUT2D eigenvalue weighted by atomic mass is 32.2. The fourth-order valence-corrected chi connectivity index (χ4v) is 0.885. The van der Waals surface area contributed by atoms with Crippen LogP contribution in [0.4, 0.5) is 18.0 Å². The quantitative estimate of drug-likeness (QED) is 0.563. The number of alkyl halides is 3. The highest BCUT2D eigenvalue weighted by molar-refractivity contribution is 8.13. The van der Waals surface area contributed by atoms with Crippen molar-refractivity contribution in [2.45, 2.75) is 19.5 Å². The molecule has 0 N–H and O–H groups in total. The Morgan fingerprint density at radius 2 is 1.87 bits per heavy atom. The van der Waals surface area contributed by atoms with Crippen LogP contribution in [0.2, 0.25) is 0 Å². The summed E-state index contributed by atoms with van der Waals surface area (Å²) in [5.41, 5.74) is 0. The molecule has 0 aromatic heterocycles. The van der Waals surface area contributed by atoms with Gasteiger partial charge in [-0.05, 0) is 11.8 Å². The van der Waals surface area contributed by atoms with Crippen LogP contribution in [0, 0.1) is 0 Å². The molecule has 0 aliphatic heterocycles. The monoisotopic (exact) mass is 246 g/mol. The van der Waals surface area contributed by atoms with Crippen LogP contribution in [0.25, 0.3) is 0 Å². The van der Waals surface area contributed by atoms with E-state index in [2.05, 4.69) is 9.47 Å². The molecule has 0 bridgehead atoms. The van der Waals surface area contributed by atoms with E-state index >= 15 is 0 Å². The molecule has 0 spiro atoms. The van der Waals surface area contributed by atoms with Crippen molar-refractivity contribution in [2.24, 2.45) is 0 Å². The molecule has 0 heterocycles. The molecule has 0 saturated carbocycles. The number of hydrogen-bond donors (Lipinski definition) is 0. The molecule has 0 atom stereocenters. The minimum Gasteiger partial charge on any atom is -0.428 e. The maximum atomic E-state index is 11.6. The lowest BCUT2D eigenvalue weighted by Crippen LogP contribution is -2.18. The largest absolute Gasteiger partial charge is 0.428 e. The molecular formula is C7H9F3O4S. The summed E-state index contributed by atoms with van der Waals surface area (Å²) < 4.78 is 43.1. The summed E-state index contributed by atoms with van der Waals surface area (Å²) in [5, 5.41) is -0.697. The predicted octanol–water partition coefficient (Wildman–Crippen LogP) is 2.33. The van der Waals surface area contributed by atoms with E-state index in [-0.39, 0.29) is 0 Å². The summed E-state index contributed by atoms with van der Waals surface area (Å²) >= 11 is 0.821. The van der Waals surface area contributed by atoms with E-state index in [1.165, 1.54) is 0 Å². The van der Waals surface area contributed by atoms with Crippen LogP contribution in [0.15, 0.2) is 0 Å². The van der Waals surface area contributed by atoms with E-state index < -0.39 is 30.7 Å². The fraction of sp³-hybridized carbons (Fsp3) is 0.714. The van der Waals surface area contributed by atoms with Crippen LogP contribution < -0.4 is 0 Å². The third-order valence-corrected chi connectivity index (χ3v) is 1.65. The number of esters is 1. The highest BCUT2D eigenvalue weighted by Crippen LogP contribution is 2.19. The van der Waals surface area contributed by atoms with Gasteiger partial charge in [0.1, 0.15) is 6.42 Å². The second-order valence-electron chi connectivity index (χ2n) is 2.25. The topological polar surface area (TPSA) is 52.6 Å². The molecule has 0 fully saturated rings. The Kier molecular flexibility index (Phi) is 6.14. The molecule has 0 aromatic carbocycles. The Bertz CT molecular complexity index is 229. The number of thioether (sulfide) groups is 1. The lowest BCUT2D eigenvalue weighted by atomic mass is 10.4. The average molecular weight is 246 g/mol. The van der Waals surface area contributed by atoms with Crippen LogP contribution in [0.1, 0.15) is 13.3 Å². The SMILES string of the molecule is CCSC(=O)OCOC(=O)CC(F)(F)F. The average Bonchev–Trinajstić information content (AvgIpc) is 2.00. The number of halogens is 3. The van der Waals surface area contributed by atoms with Gasteiger partial charge in [-0.3, -0.25) is 4.79 Å². The standard InChI is InChI=1S/C7H9F3O4S/c1-2-15-6(12)14-4-13-5(11)3-7(8,9)10/h2-4H2,1H3. The predicted molar refractivity (Wildman–Crippen MR) is 46.2 cm³/mol. The van der Waals surface area contributed by atoms with Crippen molar-refractivity contribution in [3.63, 3.8) is 0 Å². The summed E-state index contributed by atoms with van der Waals surface area (Å²) in [5.74, 6) is -1.01. The molecule has 0 saturated heterocycles. The van der Waals surface area contributed by atoms with Gasteiger partial charge in [-0.2, -0.15) is 13.2 Å². The Hall–Kier alpha value is -0.920. The lowest BCUT2D eigenvalue weighted by molar-refractivity contribution is -0.176.